The van der Waals surface area contributed by atoms with Gasteiger partial charge in [0.2, 0.25) is 0 Å². The predicted molar refractivity (Wildman–Crippen MR) is 87.6 cm³/mol. The third-order valence-corrected chi connectivity index (χ3v) is 2.70. The first kappa shape index (κ1) is 17.4. The molecule has 0 aromatic carbocycles. The van der Waals surface area contributed by atoms with E-state index in [1.54, 1.807) is 6.20 Å². The van der Waals surface area contributed by atoms with Crippen LogP contribution in [-0.2, 0) is 0 Å². The van der Waals surface area contributed by atoms with E-state index < -0.39 is 0 Å². The van der Waals surface area contributed by atoms with Gasteiger partial charge in [-0.25, -0.2) is 4.98 Å². The number of hydrogen-bond donors (Lipinski definition) is 2. The standard InChI is InChI=1S/C7H8N2S2.C6H15N/c1-5-2-3-6(8-4-5)9-7(10)11;1-4-7(5-2)6-3/h2-4H,1H3,(H2,8,9,10,11);4-6H2,1-3H3. The number of rotatable bonds is 4. The molecule has 5 heteroatoms. The molecule has 0 amide bonds. The van der Waals surface area contributed by atoms with Crippen LogP contribution in [0.15, 0.2) is 18.3 Å². The third kappa shape index (κ3) is 8.44. The van der Waals surface area contributed by atoms with E-state index >= 15 is 0 Å². The van der Waals surface area contributed by atoms with Gasteiger partial charge in [-0.1, -0.05) is 39.1 Å². The monoisotopic (exact) mass is 285 g/mol. The molecular formula is C13H23N3S2. The average Bonchev–Trinajstić information content (AvgIpc) is 2.35. The molecular weight excluding hydrogens is 262 g/mol. The highest BCUT2D eigenvalue weighted by atomic mass is 32.1. The summed E-state index contributed by atoms with van der Waals surface area (Å²) in [5, 5.41) is 2.82. The van der Waals surface area contributed by atoms with Gasteiger partial charge in [0, 0.05) is 6.20 Å². The van der Waals surface area contributed by atoms with Gasteiger partial charge in [0.1, 0.15) is 10.1 Å². The first-order valence-electron chi connectivity index (χ1n) is 6.18. The topological polar surface area (TPSA) is 28.2 Å². The number of nitrogens with zero attached hydrogens (tertiary/aromatic N) is 2. The molecule has 1 rings (SSSR count). The molecule has 0 unspecified atom stereocenters. The summed E-state index contributed by atoms with van der Waals surface area (Å²) in [6.07, 6.45) is 1.77. The van der Waals surface area contributed by atoms with Crippen molar-refractivity contribution in [3.63, 3.8) is 0 Å². The highest BCUT2D eigenvalue weighted by Crippen LogP contribution is 2.04. The maximum Gasteiger partial charge on any atom is 0.136 e. The van der Waals surface area contributed by atoms with Crippen LogP contribution in [0.5, 0.6) is 0 Å². The second kappa shape index (κ2) is 10.3. The molecule has 18 heavy (non-hydrogen) atoms. The lowest BCUT2D eigenvalue weighted by Gasteiger charge is -2.13. The largest absolute Gasteiger partial charge is 0.326 e. The van der Waals surface area contributed by atoms with Crippen molar-refractivity contribution in [3.8, 4) is 0 Å². The Kier molecular flexibility index (Phi) is 9.92. The van der Waals surface area contributed by atoms with Crippen LogP contribution in [0, 0.1) is 6.92 Å². The van der Waals surface area contributed by atoms with E-state index in [9.17, 15) is 0 Å². The van der Waals surface area contributed by atoms with Gasteiger partial charge < -0.3 is 10.2 Å². The van der Waals surface area contributed by atoms with Gasteiger partial charge in [-0.15, -0.1) is 12.6 Å². The normalized spacial score (nSPS) is 9.67. The van der Waals surface area contributed by atoms with Crippen molar-refractivity contribution in [3.05, 3.63) is 23.9 Å². The summed E-state index contributed by atoms with van der Waals surface area (Å²) in [4.78, 5) is 6.45. The molecule has 0 aliphatic rings. The smallest absolute Gasteiger partial charge is 0.136 e. The zero-order valence-corrected chi connectivity index (χ0v) is 13.3. The fourth-order valence-electron chi connectivity index (χ4n) is 1.32. The van der Waals surface area contributed by atoms with Gasteiger partial charge in [0.15, 0.2) is 0 Å². The quantitative estimate of drug-likeness (QED) is 0.655. The van der Waals surface area contributed by atoms with E-state index in [0.29, 0.717) is 4.32 Å². The van der Waals surface area contributed by atoms with Gasteiger partial charge >= 0.3 is 0 Å². The van der Waals surface area contributed by atoms with Crippen molar-refractivity contribution in [2.45, 2.75) is 27.7 Å². The molecule has 0 saturated heterocycles. The second-order valence-electron chi connectivity index (χ2n) is 3.77. The Bertz CT molecular complexity index is 329. The van der Waals surface area contributed by atoms with Crippen LogP contribution in [0.1, 0.15) is 26.3 Å². The molecule has 0 aliphatic heterocycles. The molecule has 0 bridgehead atoms. The number of thiol groups is 1. The summed E-state index contributed by atoms with van der Waals surface area (Å²) in [7, 11) is 0. The van der Waals surface area contributed by atoms with Crippen LogP contribution in [0.2, 0.25) is 0 Å². The number of pyridine rings is 1. The fourth-order valence-corrected chi connectivity index (χ4v) is 1.54. The van der Waals surface area contributed by atoms with E-state index in [1.165, 1.54) is 19.6 Å². The minimum Gasteiger partial charge on any atom is -0.326 e. The summed E-state index contributed by atoms with van der Waals surface area (Å²) in [5.41, 5.74) is 1.13. The number of thiocarbonyl (C=S) groups is 1. The molecule has 1 N–H and O–H groups in total. The predicted octanol–water partition coefficient (Wildman–Crippen LogP) is 3.36. The zero-order valence-electron chi connectivity index (χ0n) is 11.6. The van der Waals surface area contributed by atoms with Crippen molar-refractivity contribution < 1.29 is 0 Å². The summed E-state index contributed by atoms with van der Waals surface area (Å²) in [6.45, 7) is 12.1. The lowest BCUT2D eigenvalue weighted by atomic mass is 10.3. The summed E-state index contributed by atoms with van der Waals surface area (Å²) >= 11 is 8.64. The summed E-state index contributed by atoms with van der Waals surface area (Å²) < 4.78 is 0.432. The van der Waals surface area contributed by atoms with E-state index in [4.69, 9.17) is 12.2 Å². The fraction of sp³-hybridized carbons (Fsp3) is 0.538. The lowest BCUT2D eigenvalue weighted by molar-refractivity contribution is 0.321. The van der Waals surface area contributed by atoms with Crippen molar-refractivity contribution in [2.24, 2.45) is 0 Å². The molecule has 0 fully saturated rings. The molecule has 3 nitrogen and oxygen atoms in total. The van der Waals surface area contributed by atoms with Crippen molar-refractivity contribution >= 4 is 35.0 Å². The molecule has 0 atom stereocenters. The second-order valence-corrected chi connectivity index (χ2v) is 4.93. The number of nitrogens with one attached hydrogen (secondary N) is 1. The van der Waals surface area contributed by atoms with E-state index in [0.717, 1.165) is 11.4 Å². The molecule has 1 heterocycles. The van der Waals surface area contributed by atoms with E-state index in [2.05, 4.69) is 48.6 Å². The van der Waals surface area contributed by atoms with Crippen molar-refractivity contribution in [1.29, 1.82) is 0 Å². The van der Waals surface area contributed by atoms with Crippen LogP contribution in [0.3, 0.4) is 0 Å². The van der Waals surface area contributed by atoms with Gasteiger partial charge in [-0.3, -0.25) is 0 Å². The number of hydrogen-bond acceptors (Lipinski definition) is 3. The number of aromatic nitrogens is 1. The van der Waals surface area contributed by atoms with Crippen molar-refractivity contribution in [1.82, 2.24) is 9.88 Å². The highest BCUT2D eigenvalue weighted by molar-refractivity contribution is 8.11. The van der Waals surface area contributed by atoms with Crippen molar-refractivity contribution in [2.75, 3.05) is 25.0 Å². The Balaban J connectivity index is 0.000000360. The van der Waals surface area contributed by atoms with E-state index in [-0.39, 0.29) is 0 Å². The molecule has 1 aromatic heterocycles. The first-order valence-corrected chi connectivity index (χ1v) is 7.03. The maximum atomic E-state index is 4.72. The van der Waals surface area contributed by atoms with Crippen LogP contribution < -0.4 is 5.32 Å². The third-order valence-electron chi connectivity index (χ3n) is 2.49. The Labute approximate surface area is 121 Å². The number of anilines is 1. The maximum absolute atomic E-state index is 4.72. The molecule has 102 valence electrons. The van der Waals surface area contributed by atoms with Gasteiger partial charge in [0.05, 0.1) is 0 Å². The average molecular weight is 285 g/mol. The Morgan fingerprint density at radius 1 is 1.28 bits per heavy atom. The molecule has 0 spiro atoms. The van der Waals surface area contributed by atoms with Gasteiger partial charge in [-0.05, 0) is 38.2 Å². The Morgan fingerprint density at radius 2 is 1.83 bits per heavy atom. The van der Waals surface area contributed by atoms with Crippen LogP contribution in [0.4, 0.5) is 5.82 Å². The lowest BCUT2D eigenvalue weighted by Crippen LogP contribution is -2.21. The molecule has 0 aliphatic carbocycles. The Morgan fingerprint density at radius 3 is 2.11 bits per heavy atom. The molecule has 1 aromatic rings. The SMILES string of the molecule is CCN(CC)CC.Cc1ccc(NC(=S)S)nc1. The van der Waals surface area contributed by atoms with Crippen LogP contribution in [-0.4, -0.2) is 33.8 Å². The summed E-state index contributed by atoms with van der Waals surface area (Å²) in [6, 6.07) is 3.82. The van der Waals surface area contributed by atoms with Crippen LogP contribution >= 0.6 is 24.8 Å². The number of aryl methyl sites for hydroxylation is 1. The van der Waals surface area contributed by atoms with Gasteiger partial charge in [0.25, 0.3) is 0 Å². The molecule has 0 saturated carbocycles. The molecule has 0 radical (unpaired) electrons. The minimum atomic E-state index is 0.432. The summed E-state index contributed by atoms with van der Waals surface area (Å²) in [5.74, 6) is 0.732. The van der Waals surface area contributed by atoms with Gasteiger partial charge in [-0.2, -0.15) is 0 Å². The highest BCUT2D eigenvalue weighted by Gasteiger charge is 1.92. The Hall–Kier alpha value is -0.650. The minimum absolute atomic E-state index is 0.432. The first-order chi connectivity index (χ1) is 8.53. The van der Waals surface area contributed by atoms with Crippen LogP contribution in [0.25, 0.3) is 0 Å². The zero-order chi connectivity index (χ0) is 14.0. The van der Waals surface area contributed by atoms with E-state index in [1.807, 2.05) is 19.1 Å².